The van der Waals surface area contributed by atoms with Crippen molar-refractivity contribution in [2.45, 2.75) is 18.8 Å². The van der Waals surface area contributed by atoms with E-state index in [1.165, 1.54) is 0 Å². The summed E-state index contributed by atoms with van der Waals surface area (Å²) in [5.41, 5.74) is 2.63. The summed E-state index contributed by atoms with van der Waals surface area (Å²) < 4.78 is 6.74. The molecule has 1 heterocycles. The number of halogens is 1. The molecule has 2 aromatic rings. The van der Waals surface area contributed by atoms with E-state index in [-0.39, 0.29) is 5.76 Å². The fourth-order valence-electron chi connectivity index (χ4n) is 1.49. The minimum atomic E-state index is -0.283. The number of fused-ring (bicyclic) bond motifs is 1. The van der Waals surface area contributed by atoms with E-state index in [1.807, 2.05) is 25.1 Å². The zero-order valence-electron chi connectivity index (χ0n) is 7.79. The Bertz CT molecular complexity index is 512. The molecule has 0 aliphatic carbocycles. The van der Waals surface area contributed by atoms with Crippen molar-refractivity contribution >= 4 is 27.0 Å². The lowest BCUT2D eigenvalue weighted by atomic mass is 10.2. The van der Waals surface area contributed by atoms with Crippen molar-refractivity contribution in [1.82, 2.24) is 4.57 Å². The highest BCUT2D eigenvalue weighted by Crippen LogP contribution is 2.16. The molecule has 74 valence electrons. The summed E-state index contributed by atoms with van der Waals surface area (Å²) in [7, 11) is 0. The van der Waals surface area contributed by atoms with E-state index >= 15 is 0 Å². The molecule has 0 unspecified atom stereocenters. The summed E-state index contributed by atoms with van der Waals surface area (Å²) in [6.45, 7) is 2.56. The minimum Gasteiger partial charge on any atom is -0.408 e. The third-order valence-electron chi connectivity index (χ3n) is 2.20. The van der Waals surface area contributed by atoms with Gasteiger partial charge in [-0.2, -0.15) is 0 Å². The second-order valence-electron chi connectivity index (χ2n) is 3.05. The van der Waals surface area contributed by atoms with Crippen molar-refractivity contribution < 1.29 is 4.42 Å². The van der Waals surface area contributed by atoms with Crippen LogP contribution >= 0.6 is 15.9 Å². The van der Waals surface area contributed by atoms with Crippen LogP contribution in [0.5, 0.6) is 0 Å². The molecule has 0 aliphatic rings. The lowest BCUT2D eigenvalue weighted by Crippen LogP contribution is -2.11. The zero-order chi connectivity index (χ0) is 10.1. The Hall–Kier alpha value is -1.03. The van der Waals surface area contributed by atoms with Crippen molar-refractivity contribution in [3.05, 3.63) is 34.3 Å². The summed E-state index contributed by atoms with van der Waals surface area (Å²) in [6, 6.07) is 5.79. The van der Waals surface area contributed by atoms with Crippen molar-refractivity contribution in [2.75, 3.05) is 0 Å². The maximum atomic E-state index is 11.4. The van der Waals surface area contributed by atoms with Crippen LogP contribution in [0, 0.1) is 0 Å². The number of benzene rings is 1. The molecule has 0 atom stereocenters. The van der Waals surface area contributed by atoms with Crippen molar-refractivity contribution in [3.8, 4) is 0 Å². The molecule has 2 rings (SSSR count). The Kier molecular flexibility index (Phi) is 2.46. The molecule has 4 heteroatoms. The second kappa shape index (κ2) is 3.61. The number of hydrogen-bond acceptors (Lipinski definition) is 2. The van der Waals surface area contributed by atoms with Gasteiger partial charge in [-0.25, -0.2) is 4.79 Å². The van der Waals surface area contributed by atoms with Gasteiger partial charge in [0, 0.05) is 11.9 Å². The Balaban J connectivity index is 2.74. The first-order valence-electron chi connectivity index (χ1n) is 4.44. The molecule has 0 spiro atoms. The number of oxazole rings is 1. The van der Waals surface area contributed by atoms with Crippen LogP contribution < -0.4 is 5.76 Å². The molecule has 0 aliphatic heterocycles. The molecule has 14 heavy (non-hydrogen) atoms. The van der Waals surface area contributed by atoms with Gasteiger partial charge in [-0.15, -0.1) is 0 Å². The molecule has 1 aromatic carbocycles. The number of hydrogen-bond donors (Lipinski definition) is 0. The van der Waals surface area contributed by atoms with Gasteiger partial charge < -0.3 is 4.42 Å². The van der Waals surface area contributed by atoms with Crippen LogP contribution in [-0.4, -0.2) is 4.57 Å². The smallest absolute Gasteiger partial charge is 0.408 e. The number of nitrogens with zero attached hydrogens (tertiary/aromatic N) is 1. The van der Waals surface area contributed by atoms with Gasteiger partial charge in [-0.05, 0) is 24.6 Å². The summed E-state index contributed by atoms with van der Waals surface area (Å²) in [5, 5.41) is 0.768. The van der Waals surface area contributed by atoms with E-state index in [0.29, 0.717) is 12.1 Å². The van der Waals surface area contributed by atoms with Gasteiger partial charge in [0.25, 0.3) is 0 Å². The Morgan fingerprint density at radius 3 is 2.93 bits per heavy atom. The van der Waals surface area contributed by atoms with Gasteiger partial charge in [0.05, 0.1) is 5.52 Å². The SMILES string of the molecule is CCn1c(=O)oc2cc(CBr)ccc21. The molecule has 0 amide bonds. The van der Waals surface area contributed by atoms with Crippen LogP contribution in [0.4, 0.5) is 0 Å². The van der Waals surface area contributed by atoms with E-state index in [0.717, 1.165) is 16.4 Å². The van der Waals surface area contributed by atoms with Crippen LogP contribution in [0.15, 0.2) is 27.4 Å². The predicted molar refractivity (Wildman–Crippen MR) is 58.8 cm³/mol. The summed E-state index contributed by atoms with van der Waals surface area (Å²) >= 11 is 3.36. The van der Waals surface area contributed by atoms with Gasteiger partial charge >= 0.3 is 5.76 Å². The topological polar surface area (TPSA) is 35.1 Å². The van der Waals surface area contributed by atoms with E-state index in [4.69, 9.17) is 4.42 Å². The standard InChI is InChI=1S/C10H10BrNO2/c1-2-12-8-4-3-7(6-11)5-9(8)14-10(12)13/h3-5H,2,6H2,1H3. The molecule has 0 saturated carbocycles. The van der Waals surface area contributed by atoms with Crippen molar-refractivity contribution in [1.29, 1.82) is 0 Å². The Labute approximate surface area is 89.5 Å². The Morgan fingerprint density at radius 1 is 1.50 bits per heavy atom. The average Bonchev–Trinajstić information content (AvgIpc) is 2.51. The number of rotatable bonds is 2. The van der Waals surface area contributed by atoms with Crippen molar-refractivity contribution in [2.24, 2.45) is 0 Å². The third-order valence-corrected chi connectivity index (χ3v) is 2.85. The molecule has 0 N–H and O–H groups in total. The number of aryl methyl sites for hydroxylation is 1. The largest absolute Gasteiger partial charge is 0.419 e. The fourth-order valence-corrected chi connectivity index (χ4v) is 1.84. The molecule has 3 nitrogen and oxygen atoms in total. The van der Waals surface area contributed by atoms with Gasteiger partial charge in [-0.1, -0.05) is 22.0 Å². The minimum absolute atomic E-state index is 0.283. The highest BCUT2D eigenvalue weighted by atomic mass is 79.9. The molecule has 0 fully saturated rings. The van der Waals surface area contributed by atoms with Crippen molar-refractivity contribution in [3.63, 3.8) is 0 Å². The van der Waals surface area contributed by atoms with E-state index in [2.05, 4.69) is 15.9 Å². The first-order chi connectivity index (χ1) is 6.76. The summed E-state index contributed by atoms with van der Waals surface area (Å²) in [5.74, 6) is -0.283. The van der Waals surface area contributed by atoms with Gasteiger partial charge in [0.15, 0.2) is 5.58 Å². The zero-order valence-corrected chi connectivity index (χ0v) is 9.37. The highest BCUT2D eigenvalue weighted by Gasteiger charge is 2.07. The first kappa shape index (κ1) is 9.52. The maximum Gasteiger partial charge on any atom is 0.419 e. The number of aromatic nitrogens is 1. The quantitative estimate of drug-likeness (QED) is 0.774. The van der Waals surface area contributed by atoms with Crippen LogP contribution in [0.25, 0.3) is 11.1 Å². The molecule has 1 aromatic heterocycles. The lowest BCUT2D eigenvalue weighted by molar-refractivity contribution is 0.513. The highest BCUT2D eigenvalue weighted by molar-refractivity contribution is 9.08. The third kappa shape index (κ3) is 1.39. The van der Waals surface area contributed by atoms with Crippen LogP contribution in [0.1, 0.15) is 12.5 Å². The van der Waals surface area contributed by atoms with E-state index in [9.17, 15) is 4.79 Å². The van der Waals surface area contributed by atoms with Crippen LogP contribution in [-0.2, 0) is 11.9 Å². The van der Waals surface area contributed by atoms with Gasteiger partial charge in [-0.3, -0.25) is 4.57 Å². The second-order valence-corrected chi connectivity index (χ2v) is 3.61. The monoisotopic (exact) mass is 255 g/mol. The fraction of sp³-hybridized carbons (Fsp3) is 0.300. The predicted octanol–water partition coefficient (Wildman–Crippen LogP) is 2.51. The summed E-state index contributed by atoms with van der Waals surface area (Å²) in [4.78, 5) is 11.4. The van der Waals surface area contributed by atoms with Gasteiger partial charge in [0.2, 0.25) is 0 Å². The summed E-state index contributed by atoms with van der Waals surface area (Å²) in [6.07, 6.45) is 0. The average molecular weight is 256 g/mol. The molecular formula is C10H10BrNO2. The molecular weight excluding hydrogens is 246 g/mol. The Morgan fingerprint density at radius 2 is 2.29 bits per heavy atom. The van der Waals surface area contributed by atoms with E-state index in [1.54, 1.807) is 4.57 Å². The maximum absolute atomic E-state index is 11.4. The normalized spacial score (nSPS) is 11.0. The molecule has 0 saturated heterocycles. The lowest BCUT2D eigenvalue weighted by Gasteiger charge is -1.96. The molecule has 0 radical (unpaired) electrons. The molecule has 0 bridgehead atoms. The van der Waals surface area contributed by atoms with Gasteiger partial charge in [0.1, 0.15) is 0 Å². The van der Waals surface area contributed by atoms with Crippen LogP contribution in [0.3, 0.4) is 0 Å². The van der Waals surface area contributed by atoms with Crippen LogP contribution in [0.2, 0.25) is 0 Å². The first-order valence-corrected chi connectivity index (χ1v) is 5.56. The van der Waals surface area contributed by atoms with E-state index < -0.39 is 0 Å². The number of alkyl halides is 1.